The average Bonchev–Trinajstić information content (AvgIpc) is 2.85. The van der Waals surface area contributed by atoms with E-state index in [1.54, 1.807) is 0 Å². The summed E-state index contributed by atoms with van der Waals surface area (Å²) in [7, 11) is 0. The van der Waals surface area contributed by atoms with Crippen LogP contribution < -0.4 is 0 Å². The van der Waals surface area contributed by atoms with Gasteiger partial charge in [-0.05, 0) is 60.1 Å². The number of hydrogen-bond donors (Lipinski definition) is 0. The summed E-state index contributed by atoms with van der Waals surface area (Å²) >= 11 is 0. The fraction of sp³-hybridized carbons (Fsp3) is 0.357. The fourth-order valence-electron chi connectivity index (χ4n) is 5.68. The monoisotopic (exact) mass is 424 g/mol. The van der Waals surface area contributed by atoms with E-state index in [1.165, 1.54) is 0 Å². The van der Waals surface area contributed by atoms with E-state index >= 15 is 0 Å². The molecule has 6 fully saturated rings. The standard InChI is InChI=1S/C28H28N2O2/c31-27-23-9-13-29(14-10-23)25(27)17-19-1-5-21(6-2-19)22-7-3-20(4-8-22)18-26-28(32)24-11-15-30(26)16-12-24/h1-8,17-18,23-24H,9-16H2/b25-17-,26-18-. The Morgan fingerprint density at radius 3 is 1.22 bits per heavy atom. The number of allylic oxidation sites excluding steroid dienone is 2. The molecule has 0 atom stereocenters. The fourth-order valence-corrected chi connectivity index (χ4v) is 5.68. The number of carbonyl (C=O) groups is 2. The summed E-state index contributed by atoms with van der Waals surface area (Å²) in [5.74, 6) is 1.10. The molecule has 6 saturated heterocycles. The van der Waals surface area contributed by atoms with Crippen LogP contribution in [0.4, 0.5) is 0 Å². The molecule has 0 aromatic heterocycles. The predicted molar refractivity (Wildman–Crippen MR) is 126 cm³/mol. The first-order valence-corrected chi connectivity index (χ1v) is 11.9. The second-order valence-electron chi connectivity index (χ2n) is 9.55. The lowest BCUT2D eigenvalue weighted by molar-refractivity contribution is -0.126. The molecule has 2 aromatic carbocycles. The number of rotatable bonds is 3. The first kappa shape index (κ1) is 19.5. The van der Waals surface area contributed by atoms with E-state index < -0.39 is 0 Å². The van der Waals surface area contributed by atoms with E-state index in [2.05, 4.69) is 70.5 Å². The van der Waals surface area contributed by atoms with Gasteiger partial charge in [0.25, 0.3) is 0 Å². The number of Topliss-reactive ketones (excluding diaryl/α,β-unsaturated/α-hetero) is 2. The Morgan fingerprint density at radius 2 is 0.906 bits per heavy atom. The molecule has 4 heteroatoms. The minimum absolute atomic E-state index is 0.231. The van der Waals surface area contributed by atoms with Gasteiger partial charge in [-0.25, -0.2) is 0 Å². The van der Waals surface area contributed by atoms with Crippen LogP contribution in [0.3, 0.4) is 0 Å². The maximum atomic E-state index is 12.6. The van der Waals surface area contributed by atoms with E-state index in [1.807, 2.05) is 0 Å². The maximum Gasteiger partial charge on any atom is 0.182 e. The van der Waals surface area contributed by atoms with Crippen molar-refractivity contribution in [2.45, 2.75) is 25.7 Å². The third-order valence-electron chi connectivity index (χ3n) is 7.68. The van der Waals surface area contributed by atoms with Crippen LogP contribution in [0.1, 0.15) is 36.8 Å². The number of ketones is 2. The Bertz CT molecular complexity index is 1020. The first-order chi connectivity index (χ1) is 15.7. The zero-order valence-corrected chi connectivity index (χ0v) is 18.3. The molecule has 4 bridgehead atoms. The van der Waals surface area contributed by atoms with Gasteiger partial charge in [-0.1, -0.05) is 48.5 Å². The van der Waals surface area contributed by atoms with Gasteiger partial charge >= 0.3 is 0 Å². The molecule has 32 heavy (non-hydrogen) atoms. The number of fused-ring (bicyclic) bond motifs is 6. The summed E-state index contributed by atoms with van der Waals surface area (Å²) in [6.45, 7) is 4.03. The molecule has 6 aliphatic heterocycles. The van der Waals surface area contributed by atoms with Gasteiger partial charge in [0.05, 0.1) is 11.4 Å². The van der Waals surface area contributed by atoms with E-state index in [4.69, 9.17) is 0 Å². The van der Waals surface area contributed by atoms with Crippen molar-refractivity contribution >= 4 is 23.7 Å². The topological polar surface area (TPSA) is 40.6 Å². The van der Waals surface area contributed by atoms with Gasteiger partial charge in [0.15, 0.2) is 11.6 Å². The molecule has 0 aliphatic carbocycles. The first-order valence-electron chi connectivity index (χ1n) is 11.9. The van der Waals surface area contributed by atoms with Crippen LogP contribution in [-0.2, 0) is 9.59 Å². The van der Waals surface area contributed by atoms with Crippen molar-refractivity contribution in [3.63, 3.8) is 0 Å². The number of benzene rings is 2. The molecule has 0 unspecified atom stereocenters. The second kappa shape index (κ2) is 7.77. The number of hydrogen-bond acceptors (Lipinski definition) is 4. The lowest BCUT2D eigenvalue weighted by Gasteiger charge is -2.41. The van der Waals surface area contributed by atoms with Crippen molar-refractivity contribution in [2.24, 2.45) is 11.8 Å². The smallest absolute Gasteiger partial charge is 0.182 e. The molecule has 0 spiro atoms. The van der Waals surface area contributed by atoms with Gasteiger partial charge in [0, 0.05) is 38.0 Å². The van der Waals surface area contributed by atoms with Crippen molar-refractivity contribution in [3.8, 4) is 11.1 Å². The molecule has 0 amide bonds. The van der Waals surface area contributed by atoms with Crippen LogP contribution in [0.2, 0.25) is 0 Å². The molecular weight excluding hydrogens is 396 g/mol. The zero-order valence-electron chi connectivity index (χ0n) is 18.3. The highest BCUT2D eigenvalue weighted by atomic mass is 16.1. The SMILES string of the molecule is O=C1/C(=C/c2ccc(-c3ccc(/C=C4/C(=O)C5CCN4CC5)cc3)cc2)N2CCC1CC2. The van der Waals surface area contributed by atoms with Crippen molar-refractivity contribution in [1.82, 2.24) is 9.80 Å². The van der Waals surface area contributed by atoms with Gasteiger partial charge < -0.3 is 9.80 Å². The largest absolute Gasteiger partial charge is 0.369 e. The summed E-state index contributed by atoms with van der Waals surface area (Å²) < 4.78 is 0. The Hall–Kier alpha value is -3.14. The molecule has 2 aromatic rings. The van der Waals surface area contributed by atoms with E-state index in [-0.39, 0.29) is 11.8 Å². The summed E-state index contributed by atoms with van der Waals surface area (Å²) in [5.41, 5.74) is 6.23. The molecule has 0 saturated carbocycles. The molecule has 6 aliphatic rings. The normalized spacial score (nSPS) is 23.8. The Morgan fingerprint density at radius 1 is 0.562 bits per heavy atom. The van der Waals surface area contributed by atoms with E-state index in [0.717, 1.165) is 85.5 Å². The van der Waals surface area contributed by atoms with Crippen molar-refractivity contribution in [1.29, 1.82) is 0 Å². The molecule has 0 N–H and O–H groups in total. The van der Waals surface area contributed by atoms with Crippen LogP contribution in [0.25, 0.3) is 23.3 Å². The molecule has 162 valence electrons. The molecule has 4 nitrogen and oxygen atoms in total. The van der Waals surface area contributed by atoms with Crippen molar-refractivity contribution in [2.75, 3.05) is 26.2 Å². The van der Waals surface area contributed by atoms with Crippen LogP contribution in [0.15, 0.2) is 59.9 Å². The van der Waals surface area contributed by atoms with Gasteiger partial charge in [-0.2, -0.15) is 0 Å². The third-order valence-corrected chi connectivity index (χ3v) is 7.68. The lowest BCUT2D eigenvalue weighted by Crippen LogP contribution is -2.45. The van der Waals surface area contributed by atoms with Crippen LogP contribution in [0, 0.1) is 11.8 Å². The highest BCUT2D eigenvalue weighted by Gasteiger charge is 2.37. The van der Waals surface area contributed by atoms with Gasteiger partial charge in [0.2, 0.25) is 0 Å². The van der Waals surface area contributed by atoms with Crippen molar-refractivity contribution < 1.29 is 9.59 Å². The lowest BCUT2D eigenvalue weighted by atomic mass is 9.84. The van der Waals surface area contributed by atoms with Crippen LogP contribution in [0.5, 0.6) is 0 Å². The van der Waals surface area contributed by atoms with Crippen molar-refractivity contribution in [3.05, 3.63) is 71.1 Å². The number of carbonyl (C=O) groups excluding carboxylic acids is 2. The Kier molecular flexibility index (Phi) is 4.74. The van der Waals surface area contributed by atoms with E-state index in [9.17, 15) is 9.59 Å². The average molecular weight is 425 g/mol. The maximum absolute atomic E-state index is 12.6. The molecule has 6 heterocycles. The Labute approximate surface area is 189 Å². The minimum atomic E-state index is 0.231. The second-order valence-corrected chi connectivity index (χ2v) is 9.55. The zero-order chi connectivity index (χ0) is 21.7. The molecule has 8 rings (SSSR count). The quantitative estimate of drug-likeness (QED) is 0.674. The highest BCUT2D eigenvalue weighted by Crippen LogP contribution is 2.34. The summed E-state index contributed by atoms with van der Waals surface area (Å²) in [6.07, 6.45) is 8.14. The van der Waals surface area contributed by atoms with Crippen LogP contribution in [-0.4, -0.2) is 47.5 Å². The van der Waals surface area contributed by atoms with Gasteiger partial charge in [-0.15, -0.1) is 0 Å². The Balaban J connectivity index is 1.20. The summed E-state index contributed by atoms with van der Waals surface area (Å²) in [5, 5.41) is 0. The summed E-state index contributed by atoms with van der Waals surface area (Å²) in [6, 6.07) is 16.9. The number of nitrogens with zero attached hydrogens (tertiary/aromatic N) is 2. The molecular formula is C28H28N2O2. The van der Waals surface area contributed by atoms with Crippen LogP contribution >= 0.6 is 0 Å². The predicted octanol–water partition coefficient (Wildman–Crippen LogP) is 4.62. The highest BCUT2D eigenvalue weighted by molar-refractivity contribution is 6.02. The van der Waals surface area contributed by atoms with Gasteiger partial charge in [0.1, 0.15) is 0 Å². The van der Waals surface area contributed by atoms with E-state index in [0.29, 0.717) is 11.6 Å². The summed E-state index contributed by atoms with van der Waals surface area (Å²) in [4.78, 5) is 29.6. The molecule has 0 radical (unpaired) electrons. The number of piperidine rings is 6. The van der Waals surface area contributed by atoms with Gasteiger partial charge in [-0.3, -0.25) is 9.59 Å². The minimum Gasteiger partial charge on any atom is -0.369 e. The third kappa shape index (κ3) is 3.38.